The number of piperidine rings is 1. The summed E-state index contributed by atoms with van der Waals surface area (Å²) in [5.41, 5.74) is 1.10. The zero-order valence-electron chi connectivity index (χ0n) is 11.9. The SMILES string of the molecule is O=C(Cc1ccc(S)cc1)N1CCC[C@H]2CCCC[C@H]21. The maximum Gasteiger partial charge on any atom is 0.227 e. The molecule has 1 saturated heterocycles. The average molecular weight is 289 g/mol. The lowest BCUT2D eigenvalue weighted by Crippen LogP contribution is -2.50. The largest absolute Gasteiger partial charge is 0.339 e. The molecule has 0 N–H and O–H groups in total. The monoisotopic (exact) mass is 289 g/mol. The summed E-state index contributed by atoms with van der Waals surface area (Å²) in [6.45, 7) is 0.963. The van der Waals surface area contributed by atoms with E-state index in [9.17, 15) is 4.79 Å². The van der Waals surface area contributed by atoms with E-state index in [0.29, 0.717) is 18.4 Å². The van der Waals surface area contributed by atoms with Crippen LogP contribution in [0, 0.1) is 5.92 Å². The Balaban J connectivity index is 1.67. The first-order valence-electron chi connectivity index (χ1n) is 7.81. The summed E-state index contributed by atoms with van der Waals surface area (Å²) in [6.07, 6.45) is 8.23. The number of amides is 1. The highest BCUT2D eigenvalue weighted by Gasteiger charge is 2.35. The number of benzene rings is 1. The number of fused-ring (bicyclic) bond motifs is 1. The summed E-state index contributed by atoms with van der Waals surface area (Å²) >= 11 is 4.29. The van der Waals surface area contributed by atoms with Crippen molar-refractivity contribution in [3.8, 4) is 0 Å². The van der Waals surface area contributed by atoms with Gasteiger partial charge in [0.25, 0.3) is 0 Å². The normalized spacial score (nSPS) is 26.1. The van der Waals surface area contributed by atoms with E-state index in [4.69, 9.17) is 0 Å². The molecule has 2 atom stereocenters. The molecule has 1 aromatic carbocycles. The summed E-state index contributed by atoms with van der Waals surface area (Å²) in [4.78, 5) is 15.7. The molecule has 1 aliphatic heterocycles. The van der Waals surface area contributed by atoms with E-state index in [-0.39, 0.29) is 0 Å². The number of carbonyl (C=O) groups is 1. The van der Waals surface area contributed by atoms with Gasteiger partial charge in [-0.05, 0) is 49.3 Å². The van der Waals surface area contributed by atoms with Gasteiger partial charge in [0.05, 0.1) is 6.42 Å². The zero-order valence-corrected chi connectivity index (χ0v) is 12.8. The molecule has 0 spiro atoms. The van der Waals surface area contributed by atoms with Crippen LogP contribution >= 0.6 is 12.6 Å². The Bertz CT molecular complexity index is 468. The van der Waals surface area contributed by atoms with Crippen molar-refractivity contribution in [2.45, 2.75) is 55.9 Å². The van der Waals surface area contributed by atoms with E-state index < -0.39 is 0 Å². The smallest absolute Gasteiger partial charge is 0.227 e. The van der Waals surface area contributed by atoms with Crippen molar-refractivity contribution in [1.29, 1.82) is 0 Å². The van der Waals surface area contributed by atoms with Crippen LogP contribution in [0.2, 0.25) is 0 Å². The van der Waals surface area contributed by atoms with E-state index in [1.807, 2.05) is 24.3 Å². The van der Waals surface area contributed by atoms with Crippen molar-refractivity contribution in [3.63, 3.8) is 0 Å². The summed E-state index contributed by atoms with van der Waals surface area (Å²) in [6, 6.07) is 8.48. The van der Waals surface area contributed by atoms with Gasteiger partial charge >= 0.3 is 0 Å². The van der Waals surface area contributed by atoms with E-state index in [1.165, 1.54) is 38.5 Å². The van der Waals surface area contributed by atoms with Gasteiger partial charge in [0, 0.05) is 17.5 Å². The molecule has 1 saturated carbocycles. The quantitative estimate of drug-likeness (QED) is 0.823. The minimum absolute atomic E-state index is 0.313. The Hall–Kier alpha value is -0.960. The van der Waals surface area contributed by atoms with E-state index >= 15 is 0 Å². The molecule has 0 radical (unpaired) electrons. The van der Waals surface area contributed by atoms with Crippen molar-refractivity contribution in [3.05, 3.63) is 29.8 Å². The van der Waals surface area contributed by atoms with Gasteiger partial charge in [0.1, 0.15) is 0 Å². The molecule has 0 aromatic heterocycles. The van der Waals surface area contributed by atoms with Crippen LogP contribution in [0.3, 0.4) is 0 Å². The minimum atomic E-state index is 0.313. The second kappa shape index (κ2) is 6.21. The molecule has 2 fully saturated rings. The Kier molecular flexibility index (Phi) is 4.35. The molecule has 0 unspecified atom stereocenters. The molecule has 108 valence electrons. The summed E-state index contributed by atoms with van der Waals surface area (Å²) in [5.74, 6) is 1.08. The second-order valence-corrected chi connectivity index (χ2v) is 6.70. The van der Waals surface area contributed by atoms with Crippen LogP contribution in [-0.4, -0.2) is 23.4 Å². The van der Waals surface area contributed by atoms with E-state index in [2.05, 4.69) is 17.5 Å². The third-order valence-corrected chi connectivity index (χ3v) is 5.15. The maximum absolute atomic E-state index is 12.6. The molecule has 1 heterocycles. The van der Waals surface area contributed by atoms with Crippen LogP contribution in [0.15, 0.2) is 29.2 Å². The first kappa shape index (κ1) is 14.0. The number of rotatable bonds is 2. The predicted molar refractivity (Wildman–Crippen MR) is 84.1 cm³/mol. The molecule has 3 rings (SSSR count). The first-order chi connectivity index (χ1) is 9.74. The number of nitrogens with zero attached hydrogens (tertiary/aromatic N) is 1. The molecule has 1 aliphatic carbocycles. The Morgan fingerprint density at radius 3 is 2.60 bits per heavy atom. The minimum Gasteiger partial charge on any atom is -0.339 e. The number of likely N-dealkylation sites (tertiary alicyclic amines) is 1. The fraction of sp³-hybridized carbons (Fsp3) is 0.588. The van der Waals surface area contributed by atoms with Gasteiger partial charge in [-0.25, -0.2) is 0 Å². The maximum atomic E-state index is 12.6. The Morgan fingerprint density at radius 1 is 1.10 bits per heavy atom. The van der Waals surface area contributed by atoms with Gasteiger partial charge in [-0.1, -0.05) is 25.0 Å². The molecular weight excluding hydrogens is 266 g/mol. The van der Waals surface area contributed by atoms with Crippen LogP contribution in [0.5, 0.6) is 0 Å². The highest BCUT2D eigenvalue weighted by atomic mass is 32.1. The number of hydrogen-bond donors (Lipinski definition) is 1. The molecule has 0 bridgehead atoms. The van der Waals surface area contributed by atoms with Crippen molar-refractivity contribution < 1.29 is 4.79 Å². The standard InChI is InChI=1S/C17H23NOS/c19-17(12-13-7-9-15(20)10-8-13)18-11-3-5-14-4-1-2-6-16(14)18/h7-10,14,16,20H,1-6,11-12H2/t14-,16-/m1/s1. The predicted octanol–water partition coefficient (Wildman–Crippen LogP) is 3.70. The molecule has 20 heavy (non-hydrogen) atoms. The lowest BCUT2D eigenvalue weighted by atomic mass is 9.78. The van der Waals surface area contributed by atoms with Crippen molar-refractivity contribution >= 4 is 18.5 Å². The van der Waals surface area contributed by atoms with Gasteiger partial charge < -0.3 is 4.90 Å². The number of hydrogen-bond acceptors (Lipinski definition) is 2. The number of thiol groups is 1. The van der Waals surface area contributed by atoms with Gasteiger partial charge in [0.15, 0.2) is 0 Å². The fourth-order valence-electron chi connectivity index (χ4n) is 3.82. The third kappa shape index (κ3) is 3.03. The topological polar surface area (TPSA) is 20.3 Å². The molecule has 2 aliphatic rings. The highest BCUT2D eigenvalue weighted by Crippen LogP contribution is 2.35. The van der Waals surface area contributed by atoms with Gasteiger partial charge in [-0.3, -0.25) is 4.79 Å². The Labute approximate surface area is 127 Å². The summed E-state index contributed by atoms with van der Waals surface area (Å²) < 4.78 is 0. The van der Waals surface area contributed by atoms with E-state index in [1.54, 1.807) is 0 Å². The molecular formula is C17H23NOS. The van der Waals surface area contributed by atoms with Crippen LogP contribution < -0.4 is 0 Å². The van der Waals surface area contributed by atoms with E-state index in [0.717, 1.165) is 22.9 Å². The molecule has 1 aromatic rings. The average Bonchev–Trinajstić information content (AvgIpc) is 2.49. The first-order valence-corrected chi connectivity index (χ1v) is 8.26. The molecule has 1 amide bonds. The highest BCUT2D eigenvalue weighted by molar-refractivity contribution is 7.80. The van der Waals surface area contributed by atoms with Gasteiger partial charge in [-0.15, -0.1) is 12.6 Å². The third-order valence-electron chi connectivity index (χ3n) is 4.86. The van der Waals surface area contributed by atoms with Crippen molar-refractivity contribution in [2.24, 2.45) is 5.92 Å². The fourth-order valence-corrected chi connectivity index (χ4v) is 3.97. The van der Waals surface area contributed by atoms with Crippen LogP contribution in [-0.2, 0) is 11.2 Å². The van der Waals surface area contributed by atoms with Gasteiger partial charge in [-0.2, -0.15) is 0 Å². The van der Waals surface area contributed by atoms with Gasteiger partial charge in [0.2, 0.25) is 5.91 Å². The zero-order chi connectivity index (χ0) is 13.9. The molecule has 2 nitrogen and oxygen atoms in total. The lowest BCUT2D eigenvalue weighted by Gasteiger charge is -2.44. The van der Waals surface area contributed by atoms with Crippen LogP contribution in [0.1, 0.15) is 44.1 Å². The van der Waals surface area contributed by atoms with Crippen molar-refractivity contribution in [2.75, 3.05) is 6.54 Å². The summed E-state index contributed by atoms with van der Waals surface area (Å²) in [7, 11) is 0. The van der Waals surface area contributed by atoms with Crippen LogP contribution in [0.25, 0.3) is 0 Å². The number of carbonyl (C=O) groups excluding carboxylic acids is 1. The van der Waals surface area contributed by atoms with Crippen LogP contribution in [0.4, 0.5) is 0 Å². The van der Waals surface area contributed by atoms with Crippen molar-refractivity contribution in [1.82, 2.24) is 4.90 Å². The Morgan fingerprint density at radius 2 is 1.80 bits per heavy atom. The summed E-state index contributed by atoms with van der Waals surface area (Å²) in [5, 5.41) is 0. The molecule has 3 heteroatoms. The second-order valence-electron chi connectivity index (χ2n) is 6.18. The lowest BCUT2D eigenvalue weighted by molar-refractivity contribution is -0.136.